The minimum absolute atomic E-state index is 0.00110. The number of carbonyl (C=O) groups excluding carboxylic acids is 1. The molecule has 0 saturated heterocycles. The second-order valence-corrected chi connectivity index (χ2v) is 9.67. The van der Waals surface area contributed by atoms with Gasteiger partial charge in [0, 0.05) is 6.42 Å². The van der Waals surface area contributed by atoms with Gasteiger partial charge in [0.1, 0.15) is 0 Å². The number of allylic oxidation sites excluding steroid dienone is 2. The minimum atomic E-state index is 0.00110. The predicted octanol–water partition coefficient (Wildman–Crippen LogP) is 9.56. The Bertz CT molecular complexity index is 395. The fourth-order valence-corrected chi connectivity index (χ4v) is 3.89. The Labute approximate surface area is 189 Å². The highest BCUT2D eigenvalue weighted by Crippen LogP contribution is 2.15. The highest BCUT2D eigenvalue weighted by Gasteiger charge is 2.05. The van der Waals surface area contributed by atoms with E-state index >= 15 is 0 Å². The molecule has 0 fully saturated rings. The maximum absolute atomic E-state index is 11.8. The van der Waals surface area contributed by atoms with E-state index in [1.807, 2.05) is 0 Å². The summed E-state index contributed by atoms with van der Waals surface area (Å²) >= 11 is 0. The summed E-state index contributed by atoms with van der Waals surface area (Å²) in [5.41, 5.74) is 1.39. The lowest BCUT2D eigenvalue weighted by molar-refractivity contribution is -0.144. The third-order valence-corrected chi connectivity index (χ3v) is 6.07. The first-order valence-electron chi connectivity index (χ1n) is 13.3. The van der Waals surface area contributed by atoms with Gasteiger partial charge in [0.25, 0.3) is 0 Å². The normalized spacial score (nSPS) is 12.0. The van der Waals surface area contributed by atoms with Gasteiger partial charge in [0.05, 0.1) is 6.61 Å². The van der Waals surface area contributed by atoms with E-state index < -0.39 is 0 Å². The second kappa shape index (κ2) is 22.9. The maximum Gasteiger partial charge on any atom is 0.305 e. The monoisotopic (exact) mass is 422 g/mol. The Kier molecular flexibility index (Phi) is 22.3. The van der Waals surface area contributed by atoms with Gasteiger partial charge in [-0.3, -0.25) is 4.79 Å². The van der Waals surface area contributed by atoms with E-state index in [0.717, 1.165) is 19.3 Å². The number of ether oxygens (including phenoxy) is 1. The summed E-state index contributed by atoms with van der Waals surface area (Å²) in [4.78, 5) is 11.8. The van der Waals surface area contributed by atoms with Crippen molar-refractivity contribution in [1.82, 2.24) is 0 Å². The van der Waals surface area contributed by atoms with Gasteiger partial charge in [0.15, 0.2) is 0 Å². The van der Waals surface area contributed by atoms with E-state index in [0.29, 0.717) is 18.9 Å². The molecule has 2 nitrogen and oxygen atoms in total. The van der Waals surface area contributed by atoms with Crippen molar-refractivity contribution in [2.75, 3.05) is 6.61 Å². The number of hydrogen-bond acceptors (Lipinski definition) is 2. The molecule has 0 saturated carbocycles. The van der Waals surface area contributed by atoms with Crippen LogP contribution in [0, 0.1) is 5.92 Å². The van der Waals surface area contributed by atoms with E-state index in [4.69, 9.17) is 4.74 Å². The molecule has 30 heavy (non-hydrogen) atoms. The number of hydrogen-bond donors (Lipinski definition) is 0. The first-order chi connectivity index (χ1) is 14.6. The van der Waals surface area contributed by atoms with Crippen LogP contribution in [0.15, 0.2) is 11.6 Å². The molecule has 1 unspecified atom stereocenters. The van der Waals surface area contributed by atoms with E-state index in [9.17, 15) is 4.79 Å². The SMILES string of the molecule is CCCCCCCCCCCCCCCCCC(=O)OCCC(C)CCC=C(C)C. The molecule has 0 heterocycles. The molecule has 0 aromatic carbocycles. The summed E-state index contributed by atoms with van der Waals surface area (Å²) in [6.45, 7) is 9.41. The van der Waals surface area contributed by atoms with Crippen LogP contribution in [0.25, 0.3) is 0 Å². The Balaban J connectivity index is 3.27. The Morgan fingerprint density at radius 3 is 1.67 bits per heavy atom. The van der Waals surface area contributed by atoms with Crippen molar-refractivity contribution < 1.29 is 9.53 Å². The van der Waals surface area contributed by atoms with Gasteiger partial charge in [-0.2, -0.15) is 0 Å². The van der Waals surface area contributed by atoms with Crippen LogP contribution in [-0.4, -0.2) is 12.6 Å². The summed E-state index contributed by atoms with van der Waals surface area (Å²) in [6.07, 6.45) is 26.5. The topological polar surface area (TPSA) is 26.3 Å². The van der Waals surface area contributed by atoms with Crippen molar-refractivity contribution in [3.05, 3.63) is 11.6 Å². The average Bonchev–Trinajstić information content (AvgIpc) is 2.70. The van der Waals surface area contributed by atoms with Crippen molar-refractivity contribution in [1.29, 1.82) is 0 Å². The van der Waals surface area contributed by atoms with Crippen LogP contribution < -0.4 is 0 Å². The van der Waals surface area contributed by atoms with Crippen molar-refractivity contribution in [2.24, 2.45) is 5.92 Å². The first-order valence-corrected chi connectivity index (χ1v) is 13.3. The van der Waals surface area contributed by atoms with Gasteiger partial charge >= 0.3 is 5.97 Å². The molecule has 0 aliphatic carbocycles. The van der Waals surface area contributed by atoms with Crippen molar-refractivity contribution >= 4 is 5.97 Å². The van der Waals surface area contributed by atoms with Crippen LogP contribution in [0.5, 0.6) is 0 Å². The second-order valence-electron chi connectivity index (χ2n) is 9.67. The standard InChI is InChI=1S/C28H54O2/c1-5-6-7-8-9-10-11-12-13-14-15-16-17-18-19-23-28(29)30-25-24-27(4)22-20-21-26(2)3/h21,27H,5-20,22-25H2,1-4H3. The number of rotatable bonds is 22. The van der Waals surface area contributed by atoms with Gasteiger partial charge in [0.2, 0.25) is 0 Å². The molecule has 0 N–H and O–H groups in total. The lowest BCUT2D eigenvalue weighted by Crippen LogP contribution is -2.08. The molecule has 0 spiro atoms. The van der Waals surface area contributed by atoms with Crippen LogP contribution in [0.3, 0.4) is 0 Å². The number of carbonyl (C=O) groups is 1. The van der Waals surface area contributed by atoms with Crippen LogP contribution >= 0.6 is 0 Å². The van der Waals surface area contributed by atoms with Crippen molar-refractivity contribution in [2.45, 2.75) is 150 Å². The molecule has 0 rings (SSSR count). The van der Waals surface area contributed by atoms with E-state index in [2.05, 4.69) is 33.8 Å². The summed E-state index contributed by atoms with van der Waals surface area (Å²) in [6, 6.07) is 0. The molecule has 1 atom stereocenters. The smallest absolute Gasteiger partial charge is 0.305 e. The third-order valence-electron chi connectivity index (χ3n) is 6.07. The van der Waals surface area contributed by atoms with E-state index in [1.54, 1.807) is 0 Å². The highest BCUT2D eigenvalue weighted by molar-refractivity contribution is 5.69. The van der Waals surface area contributed by atoms with Crippen LogP contribution in [-0.2, 0) is 9.53 Å². The van der Waals surface area contributed by atoms with E-state index in [-0.39, 0.29) is 5.97 Å². The molecule has 2 heteroatoms. The van der Waals surface area contributed by atoms with Crippen LogP contribution in [0.1, 0.15) is 150 Å². The lowest BCUT2D eigenvalue weighted by atomic mass is 10.0. The molecule has 0 aromatic heterocycles. The van der Waals surface area contributed by atoms with Gasteiger partial charge in [-0.15, -0.1) is 0 Å². The average molecular weight is 423 g/mol. The fraction of sp³-hybridized carbons (Fsp3) is 0.893. The molecule has 0 bridgehead atoms. The van der Waals surface area contributed by atoms with Gasteiger partial charge in [-0.1, -0.05) is 115 Å². The number of unbranched alkanes of at least 4 members (excludes halogenated alkanes) is 14. The summed E-state index contributed by atoms with van der Waals surface area (Å²) in [7, 11) is 0. The zero-order valence-electron chi connectivity index (χ0n) is 21.1. The zero-order valence-corrected chi connectivity index (χ0v) is 21.1. The molecule has 178 valence electrons. The largest absolute Gasteiger partial charge is 0.466 e. The van der Waals surface area contributed by atoms with Crippen molar-refractivity contribution in [3.8, 4) is 0 Å². The third kappa shape index (κ3) is 23.5. The molecule has 0 amide bonds. The summed E-state index contributed by atoms with van der Waals surface area (Å²) in [5, 5.41) is 0. The Morgan fingerprint density at radius 2 is 1.20 bits per heavy atom. The molecule has 0 aromatic rings. The van der Waals surface area contributed by atoms with E-state index in [1.165, 1.54) is 102 Å². The van der Waals surface area contributed by atoms with Crippen LogP contribution in [0.2, 0.25) is 0 Å². The highest BCUT2D eigenvalue weighted by atomic mass is 16.5. The zero-order chi connectivity index (χ0) is 22.3. The van der Waals surface area contributed by atoms with Crippen LogP contribution in [0.4, 0.5) is 0 Å². The molecule has 0 radical (unpaired) electrons. The van der Waals surface area contributed by atoms with Crippen molar-refractivity contribution in [3.63, 3.8) is 0 Å². The van der Waals surface area contributed by atoms with Gasteiger partial charge < -0.3 is 4.74 Å². The first kappa shape index (κ1) is 29.2. The molecule has 0 aliphatic rings. The molecule has 0 aliphatic heterocycles. The summed E-state index contributed by atoms with van der Waals surface area (Å²) < 4.78 is 5.40. The molecular weight excluding hydrogens is 368 g/mol. The Hall–Kier alpha value is -0.790. The summed E-state index contributed by atoms with van der Waals surface area (Å²) in [5.74, 6) is 0.625. The van der Waals surface area contributed by atoms with Gasteiger partial charge in [-0.25, -0.2) is 0 Å². The van der Waals surface area contributed by atoms with Gasteiger partial charge in [-0.05, 0) is 45.4 Å². The molecular formula is C28H54O2. The predicted molar refractivity (Wildman–Crippen MR) is 133 cm³/mol. The minimum Gasteiger partial charge on any atom is -0.466 e. The quantitative estimate of drug-likeness (QED) is 0.0985. The fourth-order valence-electron chi connectivity index (χ4n) is 3.89. The number of esters is 1. The Morgan fingerprint density at radius 1 is 0.733 bits per heavy atom. The lowest BCUT2D eigenvalue weighted by Gasteiger charge is -2.10. The maximum atomic E-state index is 11.8.